The van der Waals surface area contributed by atoms with Crippen LogP contribution in [0.4, 0.5) is 5.69 Å². The van der Waals surface area contributed by atoms with Crippen LogP contribution in [-0.2, 0) is 17.9 Å². The van der Waals surface area contributed by atoms with E-state index in [0.29, 0.717) is 13.1 Å². The maximum absolute atomic E-state index is 12.7. The molecule has 0 saturated carbocycles. The van der Waals surface area contributed by atoms with E-state index in [1.165, 1.54) is 0 Å². The van der Waals surface area contributed by atoms with E-state index < -0.39 is 0 Å². The lowest BCUT2D eigenvalue weighted by Gasteiger charge is -2.18. The molecule has 26 heavy (non-hydrogen) atoms. The maximum Gasteiger partial charge on any atom is 0.247 e. The van der Waals surface area contributed by atoms with Gasteiger partial charge < -0.3 is 18.6 Å². The minimum atomic E-state index is -0.102. The molecule has 3 rings (SSSR count). The van der Waals surface area contributed by atoms with Crippen LogP contribution >= 0.6 is 0 Å². The zero-order valence-corrected chi connectivity index (χ0v) is 15.0. The Hall–Kier alpha value is -3.21. The van der Waals surface area contributed by atoms with E-state index in [2.05, 4.69) is 0 Å². The molecular formula is C21H22N2O3. The second kappa shape index (κ2) is 8.25. The van der Waals surface area contributed by atoms with Crippen molar-refractivity contribution >= 4 is 17.7 Å². The first-order valence-electron chi connectivity index (χ1n) is 8.41. The van der Waals surface area contributed by atoms with Gasteiger partial charge in [-0.1, -0.05) is 12.1 Å². The second-order valence-corrected chi connectivity index (χ2v) is 6.17. The van der Waals surface area contributed by atoms with Gasteiger partial charge in [0.05, 0.1) is 25.6 Å². The van der Waals surface area contributed by atoms with E-state index in [1.54, 1.807) is 23.5 Å². The van der Waals surface area contributed by atoms with E-state index in [1.807, 2.05) is 73.6 Å². The smallest absolute Gasteiger partial charge is 0.247 e. The van der Waals surface area contributed by atoms with Crippen molar-refractivity contribution < 1.29 is 13.6 Å². The molecule has 0 aliphatic rings. The molecule has 0 aliphatic heterocycles. The number of carbonyl (C=O) groups excluding carboxylic acids is 1. The normalized spacial score (nSPS) is 11.0. The number of rotatable bonds is 7. The molecule has 2 heterocycles. The fourth-order valence-corrected chi connectivity index (χ4v) is 2.55. The van der Waals surface area contributed by atoms with Gasteiger partial charge in [0.1, 0.15) is 11.5 Å². The number of hydrogen-bond acceptors (Lipinski definition) is 4. The van der Waals surface area contributed by atoms with Gasteiger partial charge >= 0.3 is 0 Å². The van der Waals surface area contributed by atoms with Gasteiger partial charge in [0.15, 0.2) is 0 Å². The van der Waals surface area contributed by atoms with Crippen molar-refractivity contribution in [1.29, 1.82) is 0 Å². The van der Waals surface area contributed by atoms with Gasteiger partial charge in [-0.05, 0) is 48.0 Å². The summed E-state index contributed by atoms with van der Waals surface area (Å²) in [5, 5.41) is 0. The molecule has 0 aliphatic carbocycles. The third-order valence-corrected chi connectivity index (χ3v) is 3.99. The molecule has 0 fully saturated rings. The molecule has 0 radical (unpaired) electrons. The second-order valence-electron chi connectivity index (χ2n) is 6.17. The van der Waals surface area contributed by atoms with E-state index in [-0.39, 0.29) is 5.91 Å². The lowest BCUT2D eigenvalue weighted by molar-refractivity contribution is -0.127. The number of furan rings is 2. The van der Waals surface area contributed by atoms with Crippen molar-refractivity contribution in [3.05, 3.63) is 84.2 Å². The van der Waals surface area contributed by atoms with Gasteiger partial charge in [0, 0.05) is 25.9 Å². The van der Waals surface area contributed by atoms with Crippen molar-refractivity contribution in [1.82, 2.24) is 4.90 Å². The molecule has 2 aromatic heterocycles. The Morgan fingerprint density at radius 1 is 0.923 bits per heavy atom. The number of hydrogen-bond donors (Lipinski definition) is 0. The SMILES string of the molecule is CN(C)c1ccc(C=CC(=O)N(Cc2ccco2)Cc2ccco2)cc1. The summed E-state index contributed by atoms with van der Waals surface area (Å²) in [6.07, 6.45) is 6.61. The number of carbonyl (C=O) groups is 1. The average molecular weight is 350 g/mol. The topological polar surface area (TPSA) is 49.8 Å². The summed E-state index contributed by atoms with van der Waals surface area (Å²) in [5.41, 5.74) is 2.09. The lowest BCUT2D eigenvalue weighted by Crippen LogP contribution is -2.28. The van der Waals surface area contributed by atoms with E-state index in [0.717, 1.165) is 22.8 Å². The summed E-state index contributed by atoms with van der Waals surface area (Å²) in [7, 11) is 3.99. The highest BCUT2D eigenvalue weighted by atomic mass is 16.3. The third-order valence-electron chi connectivity index (χ3n) is 3.99. The lowest BCUT2D eigenvalue weighted by atomic mass is 10.2. The first-order chi connectivity index (χ1) is 12.6. The number of nitrogens with zero attached hydrogens (tertiary/aromatic N) is 2. The maximum atomic E-state index is 12.7. The van der Waals surface area contributed by atoms with Crippen molar-refractivity contribution in [3.63, 3.8) is 0 Å². The monoisotopic (exact) mass is 350 g/mol. The molecule has 1 amide bonds. The van der Waals surface area contributed by atoms with E-state index in [9.17, 15) is 4.79 Å². The third kappa shape index (κ3) is 4.66. The average Bonchev–Trinajstić information content (AvgIpc) is 3.33. The van der Waals surface area contributed by atoms with Gasteiger partial charge in [0.2, 0.25) is 5.91 Å². The zero-order valence-electron chi connectivity index (χ0n) is 15.0. The fraction of sp³-hybridized carbons (Fsp3) is 0.190. The van der Waals surface area contributed by atoms with Crippen molar-refractivity contribution in [3.8, 4) is 0 Å². The molecule has 0 saturated heterocycles. The number of benzene rings is 1. The number of amides is 1. The zero-order chi connectivity index (χ0) is 18.4. The highest BCUT2D eigenvalue weighted by Gasteiger charge is 2.15. The van der Waals surface area contributed by atoms with Crippen LogP contribution in [0.5, 0.6) is 0 Å². The summed E-state index contributed by atoms with van der Waals surface area (Å²) in [6.45, 7) is 0.771. The quantitative estimate of drug-likeness (QED) is 0.600. The molecule has 0 unspecified atom stereocenters. The van der Waals surface area contributed by atoms with Crippen LogP contribution in [0.3, 0.4) is 0 Å². The van der Waals surface area contributed by atoms with Gasteiger partial charge in [-0.15, -0.1) is 0 Å². The van der Waals surface area contributed by atoms with Crippen LogP contribution in [0, 0.1) is 0 Å². The standard InChI is InChI=1S/C21H22N2O3/c1-22(2)18-10-7-17(8-11-18)9-12-21(24)23(15-19-5-3-13-25-19)16-20-6-4-14-26-20/h3-14H,15-16H2,1-2H3. The van der Waals surface area contributed by atoms with Crippen LogP contribution in [0.2, 0.25) is 0 Å². The van der Waals surface area contributed by atoms with Crippen LogP contribution < -0.4 is 4.90 Å². The molecule has 5 nitrogen and oxygen atoms in total. The summed E-state index contributed by atoms with van der Waals surface area (Å²) < 4.78 is 10.8. The Balaban J connectivity index is 1.71. The molecule has 0 bridgehead atoms. The van der Waals surface area contributed by atoms with Crippen molar-refractivity contribution in [2.45, 2.75) is 13.1 Å². The Morgan fingerprint density at radius 2 is 1.50 bits per heavy atom. The van der Waals surface area contributed by atoms with Crippen LogP contribution in [0.1, 0.15) is 17.1 Å². The predicted octanol–water partition coefficient (Wildman–Crippen LogP) is 4.18. The highest BCUT2D eigenvalue weighted by molar-refractivity contribution is 5.91. The minimum absolute atomic E-state index is 0.102. The molecule has 3 aromatic rings. The molecule has 5 heteroatoms. The van der Waals surface area contributed by atoms with Crippen molar-refractivity contribution in [2.75, 3.05) is 19.0 Å². The summed E-state index contributed by atoms with van der Waals surface area (Å²) in [4.78, 5) is 16.4. The van der Waals surface area contributed by atoms with Gasteiger partial charge in [0.25, 0.3) is 0 Å². The predicted molar refractivity (Wildman–Crippen MR) is 101 cm³/mol. The van der Waals surface area contributed by atoms with Gasteiger partial charge in [-0.25, -0.2) is 0 Å². The fourth-order valence-electron chi connectivity index (χ4n) is 2.55. The Morgan fingerprint density at radius 3 is 1.96 bits per heavy atom. The number of anilines is 1. The molecule has 0 N–H and O–H groups in total. The van der Waals surface area contributed by atoms with Gasteiger partial charge in [-0.2, -0.15) is 0 Å². The largest absolute Gasteiger partial charge is 0.467 e. The first kappa shape index (κ1) is 17.6. The first-order valence-corrected chi connectivity index (χ1v) is 8.41. The van der Waals surface area contributed by atoms with Crippen LogP contribution in [0.25, 0.3) is 6.08 Å². The molecule has 1 aromatic carbocycles. The summed E-state index contributed by atoms with van der Waals surface area (Å²) >= 11 is 0. The van der Waals surface area contributed by atoms with E-state index in [4.69, 9.17) is 8.83 Å². The summed E-state index contributed by atoms with van der Waals surface area (Å²) in [6, 6.07) is 15.4. The van der Waals surface area contributed by atoms with Crippen LogP contribution in [0.15, 0.2) is 76.0 Å². The Labute approximate surface area is 153 Å². The molecule has 134 valence electrons. The molecule has 0 atom stereocenters. The minimum Gasteiger partial charge on any atom is -0.467 e. The highest BCUT2D eigenvalue weighted by Crippen LogP contribution is 2.15. The van der Waals surface area contributed by atoms with Crippen LogP contribution in [-0.4, -0.2) is 24.9 Å². The molecular weight excluding hydrogens is 328 g/mol. The Kier molecular flexibility index (Phi) is 5.59. The van der Waals surface area contributed by atoms with Gasteiger partial charge in [-0.3, -0.25) is 4.79 Å². The summed E-state index contributed by atoms with van der Waals surface area (Å²) in [5.74, 6) is 1.36. The van der Waals surface area contributed by atoms with E-state index >= 15 is 0 Å². The molecule has 0 spiro atoms. The Bertz CT molecular complexity index is 796. The van der Waals surface area contributed by atoms with Crippen molar-refractivity contribution in [2.24, 2.45) is 0 Å².